The SMILES string of the molecule is CC[C@H](Sc1nnc2n1CCN2c1ccc(F)cc1)C(=O)OC. The van der Waals surface area contributed by atoms with Gasteiger partial charge in [-0.05, 0) is 30.7 Å². The van der Waals surface area contributed by atoms with Gasteiger partial charge in [-0.3, -0.25) is 9.36 Å². The maximum absolute atomic E-state index is 13.1. The number of methoxy groups -OCH3 is 1. The first-order valence-corrected chi connectivity index (χ1v) is 8.22. The van der Waals surface area contributed by atoms with Crippen molar-refractivity contribution in [1.82, 2.24) is 14.8 Å². The lowest BCUT2D eigenvalue weighted by molar-refractivity contribution is -0.140. The molecule has 0 radical (unpaired) electrons. The van der Waals surface area contributed by atoms with Gasteiger partial charge in [0.15, 0.2) is 5.16 Å². The molecule has 2 heterocycles. The van der Waals surface area contributed by atoms with E-state index in [0.29, 0.717) is 17.5 Å². The van der Waals surface area contributed by atoms with Crippen molar-refractivity contribution in [3.63, 3.8) is 0 Å². The van der Waals surface area contributed by atoms with Gasteiger partial charge in [0.1, 0.15) is 11.1 Å². The summed E-state index contributed by atoms with van der Waals surface area (Å²) in [7, 11) is 1.38. The summed E-state index contributed by atoms with van der Waals surface area (Å²) in [4.78, 5) is 13.7. The molecule has 6 nitrogen and oxygen atoms in total. The molecule has 0 saturated heterocycles. The summed E-state index contributed by atoms with van der Waals surface area (Å²) in [6, 6.07) is 6.29. The van der Waals surface area contributed by atoms with E-state index in [0.717, 1.165) is 18.8 Å². The highest BCUT2D eigenvalue weighted by Crippen LogP contribution is 2.34. The van der Waals surface area contributed by atoms with Crippen LogP contribution in [0.1, 0.15) is 13.3 Å². The summed E-state index contributed by atoms with van der Waals surface area (Å²) in [6.07, 6.45) is 0.654. The Morgan fingerprint density at radius 2 is 2.09 bits per heavy atom. The lowest BCUT2D eigenvalue weighted by Gasteiger charge is -2.15. The Labute approximate surface area is 137 Å². The Hall–Kier alpha value is -2.09. The lowest BCUT2D eigenvalue weighted by atomic mass is 10.3. The van der Waals surface area contributed by atoms with Gasteiger partial charge >= 0.3 is 5.97 Å². The van der Waals surface area contributed by atoms with Gasteiger partial charge < -0.3 is 9.64 Å². The van der Waals surface area contributed by atoms with E-state index >= 15 is 0 Å². The number of hydrogen-bond donors (Lipinski definition) is 0. The molecule has 0 fully saturated rings. The standard InChI is InChI=1S/C15H17FN4O2S/c1-3-12(13(21)22-2)23-15-18-17-14-19(8-9-20(14)15)11-6-4-10(16)5-7-11/h4-7,12H,3,8-9H2,1-2H3/t12-/m0/s1. The van der Waals surface area contributed by atoms with Crippen molar-refractivity contribution in [2.45, 2.75) is 30.3 Å². The highest BCUT2D eigenvalue weighted by Gasteiger charge is 2.29. The summed E-state index contributed by atoms with van der Waals surface area (Å²) in [5.74, 6) is 0.177. The van der Waals surface area contributed by atoms with E-state index < -0.39 is 0 Å². The summed E-state index contributed by atoms with van der Waals surface area (Å²) >= 11 is 1.36. The Kier molecular flexibility index (Phi) is 4.51. The van der Waals surface area contributed by atoms with Crippen molar-refractivity contribution in [2.24, 2.45) is 0 Å². The number of carbonyl (C=O) groups is 1. The van der Waals surface area contributed by atoms with Crippen LogP contribution in [0.15, 0.2) is 29.4 Å². The van der Waals surface area contributed by atoms with Crippen LogP contribution in [-0.2, 0) is 16.1 Å². The van der Waals surface area contributed by atoms with Crippen LogP contribution < -0.4 is 4.90 Å². The third-order valence-corrected chi connectivity index (χ3v) is 5.03. The minimum atomic E-state index is -0.298. The molecular weight excluding hydrogens is 319 g/mol. The first-order valence-electron chi connectivity index (χ1n) is 7.34. The number of esters is 1. The van der Waals surface area contributed by atoms with E-state index in [1.165, 1.54) is 31.0 Å². The van der Waals surface area contributed by atoms with Crippen LogP contribution in [0.2, 0.25) is 0 Å². The first-order chi connectivity index (χ1) is 11.1. The van der Waals surface area contributed by atoms with Crippen LogP contribution in [0, 0.1) is 5.82 Å². The Balaban J connectivity index is 1.82. The summed E-state index contributed by atoms with van der Waals surface area (Å²) < 4.78 is 19.8. The molecule has 0 amide bonds. The van der Waals surface area contributed by atoms with E-state index in [9.17, 15) is 9.18 Å². The summed E-state index contributed by atoms with van der Waals surface area (Å²) in [5, 5.41) is 8.81. The van der Waals surface area contributed by atoms with Gasteiger partial charge in [-0.2, -0.15) is 0 Å². The number of rotatable bonds is 5. The molecule has 1 aromatic heterocycles. The number of nitrogens with zero attached hydrogens (tertiary/aromatic N) is 4. The molecule has 0 spiro atoms. The van der Waals surface area contributed by atoms with Crippen LogP contribution >= 0.6 is 11.8 Å². The monoisotopic (exact) mass is 336 g/mol. The highest BCUT2D eigenvalue weighted by atomic mass is 32.2. The largest absolute Gasteiger partial charge is 0.468 e. The van der Waals surface area contributed by atoms with Crippen LogP contribution in [0.25, 0.3) is 0 Å². The second kappa shape index (κ2) is 6.57. The van der Waals surface area contributed by atoms with Crippen LogP contribution in [0.5, 0.6) is 0 Å². The van der Waals surface area contributed by atoms with Gasteiger partial charge in [-0.1, -0.05) is 18.7 Å². The molecule has 0 aliphatic carbocycles. The predicted molar refractivity (Wildman–Crippen MR) is 85.4 cm³/mol. The van der Waals surface area contributed by atoms with Crippen molar-refractivity contribution in [3.05, 3.63) is 30.1 Å². The van der Waals surface area contributed by atoms with E-state index in [1.54, 1.807) is 12.1 Å². The number of hydrogen-bond acceptors (Lipinski definition) is 6. The third kappa shape index (κ3) is 3.03. The molecule has 0 N–H and O–H groups in total. The molecule has 0 unspecified atom stereocenters. The molecule has 1 aromatic carbocycles. The van der Waals surface area contributed by atoms with Crippen molar-refractivity contribution in [1.29, 1.82) is 0 Å². The second-order valence-electron chi connectivity index (χ2n) is 5.10. The fourth-order valence-electron chi connectivity index (χ4n) is 2.49. The van der Waals surface area contributed by atoms with Crippen molar-refractivity contribution in [2.75, 3.05) is 18.6 Å². The third-order valence-electron chi connectivity index (χ3n) is 3.71. The number of benzene rings is 1. The summed E-state index contributed by atoms with van der Waals surface area (Å²) in [5.41, 5.74) is 0.870. The molecule has 23 heavy (non-hydrogen) atoms. The molecule has 1 atom stereocenters. The van der Waals surface area contributed by atoms with E-state index in [1.807, 2.05) is 16.4 Å². The number of carbonyl (C=O) groups excluding carboxylic acids is 1. The minimum absolute atomic E-state index is 0.261. The fraction of sp³-hybridized carbons (Fsp3) is 0.400. The van der Waals surface area contributed by atoms with Gasteiger partial charge in [0.2, 0.25) is 5.95 Å². The van der Waals surface area contributed by atoms with Crippen molar-refractivity contribution >= 4 is 29.4 Å². The number of halogens is 1. The molecule has 1 aliphatic rings. The number of fused-ring (bicyclic) bond motifs is 1. The lowest BCUT2D eigenvalue weighted by Crippen LogP contribution is -2.18. The number of ether oxygens (including phenoxy) is 1. The molecule has 0 saturated carbocycles. The van der Waals surface area contributed by atoms with Crippen molar-refractivity contribution in [3.8, 4) is 0 Å². The topological polar surface area (TPSA) is 60.2 Å². The van der Waals surface area contributed by atoms with Crippen molar-refractivity contribution < 1.29 is 13.9 Å². The fourth-order valence-corrected chi connectivity index (χ4v) is 3.49. The molecular formula is C15H17FN4O2S. The summed E-state index contributed by atoms with van der Waals surface area (Å²) in [6.45, 7) is 3.39. The van der Waals surface area contributed by atoms with E-state index in [2.05, 4.69) is 10.2 Å². The molecule has 2 aromatic rings. The Bertz CT molecular complexity index is 704. The number of anilines is 2. The van der Waals surface area contributed by atoms with Crippen LogP contribution in [0.3, 0.4) is 0 Å². The average Bonchev–Trinajstić information content (AvgIpc) is 3.15. The minimum Gasteiger partial charge on any atom is -0.468 e. The normalized spacial score (nSPS) is 14.7. The molecule has 3 rings (SSSR count). The van der Waals surface area contributed by atoms with E-state index in [-0.39, 0.29) is 17.0 Å². The maximum Gasteiger partial charge on any atom is 0.319 e. The molecule has 0 bridgehead atoms. The van der Waals surface area contributed by atoms with Gasteiger partial charge in [0, 0.05) is 18.8 Å². The quantitative estimate of drug-likeness (QED) is 0.618. The van der Waals surface area contributed by atoms with E-state index in [4.69, 9.17) is 4.74 Å². The van der Waals surface area contributed by atoms with Gasteiger partial charge in [0.25, 0.3) is 0 Å². The zero-order valence-corrected chi connectivity index (χ0v) is 13.7. The zero-order chi connectivity index (χ0) is 16.4. The molecule has 8 heteroatoms. The zero-order valence-electron chi connectivity index (χ0n) is 12.9. The Morgan fingerprint density at radius 3 is 2.74 bits per heavy atom. The average molecular weight is 336 g/mol. The smallest absolute Gasteiger partial charge is 0.319 e. The highest BCUT2D eigenvalue weighted by molar-refractivity contribution is 8.00. The van der Waals surface area contributed by atoms with Crippen LogP contribution in [0.4, 0.5) is 16.0 Å². The first kappa shape index (κ1) is 15.8. The maximum atomic E-state index is 13.1. The predicted octanol–water partition coefficient (Wildman–Crippen LogP) is 2.61. The van der Waals surface area contributed by atoms with Gasteiger partial charge in [0.05, 0.1) is 7.11 Å². The van der Waals surface area contributed by atoms with Gasteiger partial charge in [-0.15, -0.1) is 10.2 Å². The molecule has 1 aliphatic heterocycles. The molecule has 122 valence electrons. The number of aromatic nitrogens is 3. The second-order valence-corrected chi connectivity index (χ2v) is 6.27. The van der Waals surface area contributed by atoms with Gasteiger partial charge in [-0.25, -0.2) is 4.39 Å². The number of thioether (sulfide) groups is 1. The van der Waals surface area contributed by atoms with Crippen LogP contribution in [-0.4, -0.2) is 39.6 Å². The Morgan fingerprint density at radius 1 is 1.35 bits per heavy atom.